The Bertz CT molecular complexity index is 1230. The second-order valence-electron chi connectivity index (χ2n) is 6.88. The van der Waals surface area contributed by atoms with E-state index in [1.165, 1.54) is 6.20 Å². The molecule has 4 rings (SSSR count). The van der Waals surface area contributed by atoms with Gasteiger partial charge in [0.15, 0.2) is 0 Å². The molecule has 1 N–H and O–H groups in total. The first-order chi connectivity index (χ1) is 14.7. The lowest BCUT2D eigenvalue weighted by Gasteiger charge is -2.10. The van der Waals surface area contributed by atoms with E-state index in [0.29, 0.717) is 31.5 Å². The number of hydrogen-bond acceptors (Lipinski definition) is 5. The molecule has 0 atom stereocenters. The number of benzene rings is 2. The minimum Gasteiger partial charge on any atom is -0.491 e. The third-order valence-electron chi connectivity index (χ3n) is 4.81. The smallest absolute Gasteiger partial charge is 0.221 e. The van der Waals surface area contributed by atoms with Crippen molar-refractivity contribution in [2.75, 3.05) is 13.2 Å². The summed E-state index contributed by atoms with van der Waals surface area (Å²) in [6.45, 7) is 1.42. The normalized spacial score (nSPS) is 10.9. The lowest BCUT2D eigenvalue weighted by molar-refractivity contribution is -0.121. The molecule has 0 unspecified atom stereocenters. The number of amides is 1. The van der Waals surface area contributed by atoms with Crippen LogP contribution in [-0.2, 0) is 11.3 Å². The highest BCUT2D eigenvalue weighted by molar-refractivity contribution is 5.84. The quantitative estimate of drug-likeness (QED) is 0.458. The third-order valence-corrected chi connectivity index (χ3v) is 4.81. The average molecular weight is 402 g/mol. The molecule has 0 aliphatic rings. The van der Waals surface area contributed by atoms with Crippen molar-refractivity contribution in [3.63, 3.8) is 0 Å². The van der Waals surface area contributed by atoms with E-state index in [0.717, 1.165) is 22.2 Å². The lowest BCUT2D eigenvalue weighted by Crippen LogP contribution is -2.27. The molecule has 2 aromatic carbocycles. The molecule has 0 radical (unpaired) electrons. The maximum Gasteiger partial charge on any atom is 0.221 e. The number of para-hydroxylation sites is 2. The van der Waals surface area contributed by atoms with Crippen LogP contribution in [0, 0.1) is 0 Å². The molecule has 0 fully saturated rings. The fourth-order valence-electron chi connectivity index (χ4n) is 3.31. The first-order valence-electron chi connectivity index (χ1n) is 9.90. The molecule has 0 aliphatic heterocycles. The van der Waals surface area contributed by atoms with Crippen LogP contribution >= 0.6 is 0 Å². The van der Waals surface area contributed by atoms with Gasteiger partial charge in [-0.25, -0.2) is 0 Å². The van der Waals surface area contributed by atoms with Crippen molar-refractivity contribution in [3.05, 3.63) is 77.2 Å². The van der Waals surface area contributed by atoms with Gasteiger partial charge in [0.2, 0.25) is 11.3 Å². The number of pyridine rings is 1. The molecule has 0 saturated heterocycles. The Kier molecular flexibility index (Phi) is 5.98. The second kappa shape index (κ2) is 9.17. The van der Waals surface area contributed by atoms with Crippen molar-refractivity contribution in [3.8, 4) is 5.75 Å². The van der Waals surface area contributed by atoms with Crippen LogP contribution in [0.25, 0.3) is 21.8 Å². The van der Waals surface area contributed by atoms with E-state index in [2.05, 4.69) is 15.4 Å². The van der Waals surface area contributed by atoms with Crippen molar-refractivity contribution in [2.45, 2.75) is 19.4 Å². The van der Waals surface area contributed by atoms with Gasteiger partial charge in [0.1, 0.15) is 11.3 Å². The number of carbonyl (C=O) groups excluding carboxylic acids is 1. The van der Waals surface area contributed by atoms with Crippen molar-refractivity contribution in [1.29, 1.82) is 0 Å². The summed E-state index contributed by atoms with van der Waals surface area (Å²) in [4.78, 5) is 28.4. The highest BCUT2D eigenvalue weighted by atomic mass is 16.5. The van der Waals surface area contributed by atoms with E-state index >= 15 is 0 Å². The van der Waals surface area contributed by atoms with Crippen LogP contribution in [0.4, 0.5) is 0 Å². The number of carbonyl (C=O) groups is 1. The number of nitrogens with zero attached hydrogens (tertiary/aromatic N) is 3. The molecule has 0 spiro atoms. The molecule has 2 heterocycles. The van der Waals surface area contributed by atoms with E-state index in [4.69, 9.17) is 4.74 Å². The predicted octanol–water partition coefficient (Wildman–Crippen LogP) is 2.92. The van der Waals surface area contributed by atoms with Gasteiger partial charge in [0, 0.05) is 29.9 Å². The van der Waals surface area contributed by atoms with Gasteiger partial charge < -0.3 is 10.1 Å². The number of rotatable bonds is 8. The summed E-state index contributed by atoms with van der Waals surface area (Å²) >= 11 is 0. The van der Waals surface area contributed by atoms with Gasteiger partial charge >= 0.3 is 0 Å². The largest absolute Gasteiger partial charge is 0.491 e. The molecular formula is C23H22N4O3. The van der Waals surface area contributed by atoms with Gasteiger partial charge in [0.05, 0.1) is 24.9 Å². The predicted molar refractivity (Wildman–Crippen MR) is 115 cm³/mol. The highest BCUT2D eigenvalue weighted by Gasteiger charge is 2.07. The molecule has 30 heavy (non-hydrogen) atoms. The summed E-state index contributed by atoms with van der Waals surface area (Å²) in [7, 11) is 0. The van der Waals surface area contributed by atoms with Crippen LogP contribution in [-0.4, -0.2) is 33.8 Å². The van der Waals surface area contributed by atoms with Gasteiger partial charge in [0.25, 0.3) is 0 Å². The van der Waals surface area contributed by atoms with Crippen molar-refractivity contribution in [2.24, 2.45) is 0 Å². The Hall–Kier alpha value is -3.74. The van der Waals surface area contributed by atoms with Crippen molar-refractivity contribution in [1.82, 2.24) is 20.1 Å². The summed E-state index contributed by atoms with van der Waals surface area (Å²) < 4.78 is 7.52. The Morgan fingerprint density at radius 1 is 1.07 bits per heavy atom. The van der Waals surface area contributed by atoms with E-state index in [9.17, 15) is 9.59 Å². The number of ether oxygens (including phenoxy) is 1. The number of aryl methyl sites for hydroxylation is 1. The zero-order valence-electron chi connectivity index (χ0n) is 16.5. The van der Waals surface area contributed by atoms with E-state index in [1.807, 2.05) is 48.5 Å². The van der Waals surface area contributed by atoms with Gasteiger partial charge in [-0.1, -0.05) is 30.3 Å². The molecule has 152 valence electrons. The summed E-state index contributed by atoms with van der Waals surface area (Å²) in [6, 6.07) is 17.0. The van der Waals surface area contributed by atoms with Crippen LogP contribution in [0.5, 0.6) is 5.75 Å². The Balaban J connectivity index is 1.23. The number of nitrogens with one attached hydrogen (secondary N) is 1. The van der Waals surface area contributed by atoms with Crippen molar-refractivity contribution < 1.29 is 9.53 Å². The molecular weight excluding hydrogens is 380 g/mol. The van der Waals surface area contributed by atoms with Crippen LogP contribution in [0.3, 0.4) is 0 Å². The third kappa shape index (κ3) is 4.46. The molecule has 7 heteroatoms. The van der Waals surface area contributed by atoms with Crippen LogP contribution in [0.2, 0.25) is 0 Å². The van der Waals surface area contributed by atoms with Gasteiger partial charge in [-0.2, -0.15) is 5.10 Å². The monoisotopic (exact) mass is 402 g/mol. The SMILES string of the molecule is O=C(CCn1ncc(=O)c2ccccc21)NCCCOc1cccc2cccnc12. The lowest BCUT2D eigenvalue weighted by atomic mass is 10.2. The Labute approximate surface area is 173 Å². The molecule has 0 saturated carbocycles. The zero-order valence-corrected chi connectivity index (χ0v) is 16.5. The van der Waals surface area contributed by atoms with Gasteiger partial charge in [-0.05, 0) is 30.7 Å². The van der Waals surface area contributed by atoms with Crippen LogP contribution in [0.15, 0.2) is 71.8 Å². The van der Waals surface area contributed by atoms with Crippen molar-refractivity contribution >= 4 is 27.7 Å². The minimum atomic E-state index is -0.118. The number of hydrogen-bond donors (Lipinski definition) is 1. The number of aromatic nitrogens is 3. The number of fused-ring (bicyclic) bond motifs is 2. The highest BCUT2D eigenvalue weighted by Crippen LogP contribution is 2.22. The Morgan fingerprint density at radius 3 is 2.87 bits per heavy atom. The summed E-state index contributed by atoms with van der Waals surface area (Å²) in [5.41, 5.74) is 1.45. The first kappa shape index (κ1) is 19.6. The maximum absolute atomic E-state index is 12.2. The summed E-state index contributed by atoms with van der Waals surface area (Å²) in [5.74, 6) is 0.682. The molecule has 4 aromatic rings. The van der Waals surface area contributed by atoms with Gasteiger partial charge in [-0.15, -0.1) is 0 Å². The second-order valence-corrected chi connectivity index (χ2v) is 6.88. The molecule has 2 aromatic heterocycles. The van der Waals surface area contributed by atoms with Gasteiger partial charge in [-0.3, -0.25) is 19.3 Å². The Morgan fingerprint density at radius 2 is 1.93 bits per heavy atom. The van der Waals surface area contributed by atoms with E-state index in [-0.39, 0.29) is 17.8 Å². The maximum atomic E-state index is 12.2. The van der Waals surface area contributed by atoms with E-state index < -0.39 is 0 Å². The topological polar surface area (TPSA) is 86.1 Å². The fourth-order valence-corrected chi connectivity index (χ4v) is 3.31. The fraction of sp³-hybridized carbons (Fsp3) is 0.217. The minimum absolute atomic E-state index is 0.0635. The van der Waals surface area contributed by atoms with E-state index in [1.54, 1.807) is 16.9 Å². The average Bonchev–Trinajstić information content (AvgIpc) is 2.79. The van der Waals surface area contributed by atoms with Crippen LogP contribution in [0.1, 0.15) is 12.8 Å². The first-order valence-corrected chi connectivity index (χ1v) is 9.90. The molecule has 0 aliphatic carbocycles. The molecule has 7 nitrogen and oxygen atoms in total. The molecule has 1 amide bonds. The standard InChI is InChI=1S/C23H22N4O3/c28-20-16-26-27(19-9-2-1-8-18(19)20)14-11-22(29)24-13-5-15-30-21-10-3-6-17-7-4-12-25-23(17)21/h1-4,6-10,12,16H,5,11,13-15H2,(H,24,29). The summed E-state index contributed by atoms with van der Waals surface area (Å²) in [6.07, 6.45) is 4.01. The zero-order chi connectivity index (χ0) is 20.8. The summed E-state index contributed by atoms with van der Waals surface area (Å²) in [5, 5.41) is 8.68. The molecule has 0 bridgehead atoms. The van der Waals surface area contributed by atoms with Crippen LogP contribution < -0.4 is 15.5 Å².